The van der Waals surface area contributed by atoms with Crippen LogP contribution < -0.4 is 10.1 Å². The number of anilines is 1. The Morgan fingerprint density at radius 3 is 2.46 bits per heavy atom. The normalized spacial score (nSPS) is 10.5. The van der Waals surface area contributed by atoms with Gasteiger partial charge in [0.2, 0.25) is 5.88 Å². The number of hydrogen-bond acceptors (Lipinski definition) is 5. The molecule has 0 saturated carbocycles. The SMILES string of the molecule is O=C(Nc1ccc(Oc2ccc(-n3cccn3)nn2)cc1)c1ccccc1Cl. The third-order valence-corrected chi connectivity index (χ3v) is 4.15. The fourth-order valence-electron chi connectivity index (χ4n) is 2.46. The summed E-state index contributed by atoms with van der Waals surface area (Å²) in [6, 6.07) is 19.1. The Morgan fingerprint density at radius 1 is 0.964 bits per heavy atom. The summed E-state index contributed by atoms with van der Waals surface area (Å²) in [4.78, 5) is 12.3. The van der Waals surface area contributed by atoms with Gasteiger partial charge in [0, 0.05) is 24.1 Å². The number of nitrogens with zero attached hydrogens (tertiary/aromatic N) is 4. The molecule has 0 bridgehead atoms. The molecule has 0 saturated heterocycles. The highest BCUT2D eigenvalue weighted by atomic mass is 35.5. The van der Waals surface area contributed by atoms with Crippen LogP contribution in [0.15, 0.2) is 79.1 Å². The van der Waals surface area contributed by atoms with Crippen molar-refractivity contribution >= 4 is 23.2 Å². The number of ether oxygens (including phenoxy) is 1. The van der Waals surface area contributed by atoms with Crippen molar-refractivity contribution in [1.82, 2.24) is 20.0 Å². The largest absolute Gasteiger partial charge is 0.438 e. The van der Waals surface area contributed by atoms with E-state index < -0.39 is 0 Å². The first-order valence-electron chi connectivity index (χ1n) is 8.36. The standard InChI is InChI=1S/C20H14ClN5O2/c21-17-5-2-1-4-16(17)20(27)23-14-6-8-15(9-7-14)28-19-11-10-18(24-25-19)26-13-3-12-22-26/h1-13H,(H,23,27). The molecule has 0 aliphatic rings. The van der Waals surface area contributed by atoms with Crippen LogP contribution in [-0.4, -0.2) is 25.9 Å². The number of rotatable bonds is 5. The van der Waals surface area contributed by atoms with E-state index in [9.17, 15) is 4.79 Å². The van der Waals surface area contributed by atoms with Gasteiger partial charge in [-0.3, -0.25) is 4.79 Å². The van der Waals surface area contributed by atoms with Gasteiger partial charge in [-0.25, -0.2) is 4.68 Å². The number of carbonyl (C=O) groups excluding carboxylic acids is 1. The Hall–Kier alpha value is -3.71. The van der Waals surface area contributed by atoms with Crippen molar-refractivity contribution in [3.05, 3.63) is 89.7 Å². The second-order valence-electron chi connectivity index (χ2n) is 5.74. The Kier molecular flexibility index (Phi) is 4.99. The van der Waals surface area contributed by atoms with Gasteiger partial charge in [-0.15, -0.1) is 10.2 Å². The quantitative estimate of drug-likeness (QED) is 0.546. The molecule has 138 valence electrons. The molecule has 0 fully saturated rings. The summed E-state index contributed by atoms with van der Waals surface area (Å²) in [5, 5.41) is 15.4. The maximum Gasteiger partial charge on any atom is 0.257 e. The van der Waals surface area contributed by atoms with Crippen molar-refractivity contribution in [2.75, 3.05) is 5.32 Å². The Labute approximate surface area is 165 Å². The smallest absolute Gasteiger partial charge is 0.257 e. The van der Waals surface area contributed by atoms with Gasteiger partial charge in [-0.2, -0.15) is 5.10 Å². The summed E-state index contributed by atoms with van der Waals surface area (Å²) in [5.41, 5.74) is 1.04. The number of nitrogens with one attached hydrogen (secondary N) is 1. The third-order valence-electron chi connectivity index (χ3n) is 3.82. The van der Waals surface area contributed by atoms with Crippen molar-refractivity contribution in [2.45, 2.75) is 0 Å². The van der Waals surface area contributed by atoms with Crippen LogP contribution in [0.4, 0.5) is 5.69 Å². The van der Waals surface area contributed by atoms with Gasteiger partial charge in [0.25, 0.3) is 5.91 Å². The van der Waals surface area contributed by atoms with E-state index in [1.807, 2.05) is 0 Å². The van der Waals surface area contributed by atoms with Crippen molar-refractivity contribution in [3.63, 3.8) is 0 Å². The number of halogens is 1. The first kappa shape index (κ1) is 17.7. The molecule has 7 nitrogen and oxygen atoms in total. The molecule has 0 aliphatic carbocycles. The van der Waals surface area contributed by atoms with Crippen molar-refractivity contribution in [1.29, 1.82) is 0 Å². The lowest BCUT2D eigenvalue weighted by molar-refractivity contribution is 0.102. The van der Waals surface area contributed by atoms with Gasteiger partial charge in [0.15, 0.2) is 5.82 Å². The topological polar surface area (TPSA) is 81.9 Å². The Bertz CT molecular complexity index is 1080. The minimum absolute atomic E-state index is 0.278. The first-order valence-corrected chi connectivity index (χ1v) is 8.74. The van der Waals surface area contributed by atoms with Crippen LogP contribution in [-0.2, 0) is 0 Å². The molecule has 2 aromatic heterocycles. The Balaban J connectivity index is 1.41. The molecule has 8 heteroatoms. The zero-order valence-corrected chi connectivity index (χ0v) is 15.2. The van der Waals surface area contributed by atoms with Gasteiger partial charge in [-0.05, 0) is 48.5 Å². The van der Waals surface area contributed by atoms with Crippen LogP contribution in [0.1, 0.15) is 10.4 Å². The monoisotopic (exact) mass is 391 g/mol. The predicted octanol–water partition coefficient (Wildman–Crippen LogP) is 4.36. The lowest BCUT2D eigenvalue weighted by atomic mass is 10.2. The zero-order valence-electron chi connectivity index (χ0n) is 14.5. The van der Waals surface area contributed by atoms with Crippen LogP contribution in [0.2, 0.25) is 5.02 Å². The molecule has 0 aliphatic heterocycles. The summed E-state index contributed by atoms with van der Waals surface area (Å²) in [5.74, 6) is 1.23. The summed E-state index contributed by atoms with van der Waals surface area (Å²) in [6.07, 6.45) is 3.44. The summed E-state index contributed by atoms with van der Waals surface area (Å²) in [6.45, 7) is 0. The lowest BCUT2D eigenvalue weighted by Gasteiger charge is -2.08. The number of carbonyl (C=O) groups is 1. The van der Waals surface area contributed by atoms with Gasteiger partial charge < -0.3 is 10.1 Å². The molecule has 1 N–H and O–H groups in total. The zero-order chi connectivity index (χ0) is 19.3. The van der Waals surface area contributed by atoms with E-state index in [0.717, 1.165) is 0 Å². The van der Waals surface area contributed by atoms with Crippen LogP contribution >= 0.6 is 11.6 Å². The van der Waals surface area contributed by atoms with Gasteiger partial charge >= 0.3 is 0 Å². The van der Waals surface area contributed by atoms with E-state index in [1.54, 1.807) is 83.8 Å². The van der Waals surface area contributed by atoms with Gasteiger partial charge in [-0.1, -0.05) is 23.7 Å². The minimum Gasteiger partial charge on any atom is -0.438 e. The number of benzene rings is 2. The molecule has 4 aromatic rings. The van der Waals surface area contributed by atoms with E-state index in [4.69, 9.17) is 16.3 Å². The van der Waals surface area contributed by atoms with Crippen molar-refractivity contribution in [2.24, 2.45) is 0 Å². The van der Waals surface area contributed by atoms with E-state index >= 15 is 0 Å². The fraction of sp³-hybridized carbons (Fsp3) is 0. The fourth-order valence-corrected chi connectivity index (χ4v) is 2.69. The van der Waals surface area contributed by atoms with Gasteiger partial charge in [0.05, 0.1) is 10.6 Å². The summed E-state index contributed by atoms with van der Waals surface area (Å²) in [7, 11) is 0. The molecule has 2 aromatic carbocycles. The molecule has 4 rings (SSSR count). The number of amides is 1. The predicted molar refractivity (Wildman–Crippen MR) is 105 cm³/mol. The summed E-state index contributed by atoms with van der Waals surface area (Å²) >= 11 is 6.05. The van der Waals surface area contributed by atoms with E-state index in [1.165, 1.54) is 0 Å². The van der Waals surface area contributed by atoms with Crippen molar-refractivity contribution in [3.8, 4) is 17.4 Å². The van der Waals surface area contributed by atoms with Crippen LogP contribution in [0.5, 0.6) is 11.6 Å². The van der Waals surface area contributed by atoms with Crippen LogP contribution in [0.3, 0.4) is 0 Å². The molecule has 0 radical (unpaired) electrons. The highest BCUT2D eigenvalue weighted by Gasteiger charge is 2.10. The van der Waals surface area contributed by atoms with Crippen LogP contribution in [0, 0.1) is 0 Å². The number of hydrogen-bond donors (Lipinski definition) is 1. The van der Waals surface area contributed by atoms with Crippen LogP contribution in [0.25, 0.3) is 5.82 Å². The van der Waals surface area contributed by atoms with E-state index in [0.29, 0.717) is 33.7 Å². The number of aromatic nitrogens is 4. The maximum absolute atomic E-state index is 12.3. The van der Waals surface area contributed by atoms with Crippen molar-refractivity contribution < 1.29 is 9.53 Å². The first-order chi connectivity index (χ1) is 13.7. The molecular weight excluding hydrogens is 378 g/mol. The summed E-state index contributed by atoms with van der Waals surface area (Å²) < 4.78 is 7.28. The second kappa shape index (κ2) is 7.89. The highest BCUT2D eigenvalue weighted by Crippen LogP contribution is 2.22. The Morgan fingerprint density at radius 2 is 1.79 bits per heavy atom. The van der Waals surface area contributed by atoms with E-state index in [2.05, 4.69) is 20.6 Å². The molecule has 1 amide bonds. The second-order valence-corrected chi connectivity index (χ2v) is 6.15. The average molecular weight is 392 g/mol. The molecule has 28 heavy (non-hydrogen) atoms. The van der Waals surface area contributed by atoms with Gasteiger partial charge in [0.1, 0.15) is 5.75 Å². The maximum atomic E-state index is 12.3. The average Bonchev–Trinajstić information content (AvgIpc) is 3.25. The highest BCUT2D eigenvalue weighted by molar-refractivity contribution is 6.34. The lowest BCUT2D eigenvalue weighted by Crippen LogP contribution is -2.12. The third kappa shape index (κ3) is 3.99. The minimum atomic E-state index is -0.278. The molecule has 0 spiro atoms. The molecular formula is C20H14ClN5O2. The molecule has 2 heterocycles. The molecule has 0 unspecified atom stereocenters. The molecule has 0 atom stereocenters. The van der Waals surface area contributed by atoms with E-state index in [-0.39, 0.29) is 5.91 Å².